The second-order valence-electron chi connectivity index (χ2n) is 3.71. The van der Waals surface area contributed by atoms with Crippen LogP contribution < -0.4 is 5.73 Å². The van der Waals surface area contributed by atoms with E-state index in [2.05, 4.69) is 15.2 Å². The molecule has 0 atom stereocenters. The predicted octanol–water partition coefficient (Wildman–Crippen LogP) is -0.140. The predicted molar refractivity (Wildman–Crippen MR) is 65.6 cm³/mol. The molecule has 0 aliphatic carbocycles. The molecule has 19 heavy (non-hydrogen) atoms. The van der Waals surface area contributed by atoms with Crippen LogP contribution in [0.15, 0.2) is 23.4 Å². The Kier molecular flexibility index (Phi) is 2.50. The summed E-state index contributed by atoms with van der Waals surface area (Å²) in [5.41, 5.74) is 5.49. The molecule has 10 heteroatoms. The van der Waals surface area contributed by atoms with Crippen LogP contribution in [0.1, 0.15) is 15.4 Å². The van der Waals surface area contributed by atoms with Gasteiger partial charge in [0.2, 0.25) is 5.13 Å². The molecular weight excluding hydrogens is 290 g/mol. The van der Waals surface area contributed by atoms with Crippen LogP contribution in [-0.4, -0.2) is 33.8 Å². The van der Waals surface area contributed by atoms with Gasteiger partial charge in [-0.25, -0.2) is 9.29 Å². The molecule has 3 rings (SSSR count). The summed E-state index contributed by atoms with van der Waals surface area (Å²) < 4.78 is 25.1. The molecule has 0 radical (unpaired) electrons. The van der Waals surface area contributed by atoms with Gasteiger partial charge in [-0.15, -0.1) is 10.2 Å². The minimum Gasteiger partial charge on any atom is -0.374 e. The standard InChI is InChI=1S/C9H7N5O3S2/c10-9-13-12-6(18-9)4-14-8(15)5-2-1-3-11-7(5)19(14,16)17/h1-3H,4H2,(H2,10,13). The molecule has 0 bridgehead atoms. The Morgan fingerprint density at radius 3 is 2.79 bits per heavy atom. The van der Waals surface area contributed by atoms with Crippen LogP contribution in [0.25, 0.3) is 0 Å². The molecule has 1 amide bonds. The molecule has 1 aliphatic heterocycles. The molecular formula is C9H7N5O3S2. The number of hydrogen-bond acceptors (Lipinski definition) is 8. The van der Waals surface area contributed by atoms with Gasteiger partial charge in [-0.3, -0.25) is 4.79 Å². The minimum absolute atomic E-state index is 0.0694. The zero-order valence-electron chi connectivity index (χ0n) is 9.35. The fourth-order valence-corrected chi connectivity index (χ4v) is 3.84. The number of nitrogens with zero attached hydrogens (tertiary/aromatic N) is 4. The first kappa shape index (κ1) is 12.0. The number of amides is 1. The van der Waals surface area contributed by atoms with Crippen molar-refractivity contribution >= 4 is 32.4 Å². The number of carbonyl (C=O) groups is 1. The number of aromatic nitrogens is 3. The lowest BCUT2D eigenvalue weighted by Crippen LogP contribution is -2.29. The number of sulfonamides is 1. The summed E-state index contributed by atoms with van der Waals surface area (Å²) in [7, 11) is -3.91. The van der Waals surface area contributed by atoms with Crippen molar-refractivity contribution in [3.63, 3.8) is 0 Å². The summed E-state index contributed by atoms with van der Waals surface area (Å²) in [5.74, 6) is -0.614. The molecule has 2 aromatic rings. The maximum atomic E-state index is 12.2. The molecule has 0 saturated heterocycles. The Morgan fingerprint density at radius 2 is 2.16 bits per heavy atom. The first-order valence-electron chi connectivity index (χ1n) is 5.10. The quantitative estimate of drug-likeness (QED) is 0.819. The maximum absolute atomic E-state index is 12.2. The van der Waals surface area contributed by atoms with Crippen LogP contribution in [0.5, 0.6) is 0 Å². The molecule has 0 aromatic carbocycles. The SMILES string of the molecule is Nc1nnc(CN2C(=O)c3cccnc3S2(=O)=O)s1. The van der Waals surface area contributed by atoms with Crippen LogP contribution in [0, 0.1) is 0 Å². The topological polar surface area (TPSA) is 119 Å². The van der Waals surface area contributed by atoms with Gasteiger partial charge in [-0.2, -0.15) is 8.42 Å². The summed E-state index contributed by atoms with van der Waals surface area (Å²) in [6, 6.07) is 2.94. The van der Waals surface area contributed by atoms with E-state index < -0.39 is 15.9 Å². The first-order chi connectivity index (χ1) is 9.00. The van der Waals surface area contributed by atoms with Gasteiger partial charge in [0.15, 0.2) is 5.03 Å². The van der Waals surface area contributed by atoms with Gasteiger partial charge in [-0.05, 0) is 12.1 Å². The average Bonchev–Trinajstić information content (AvgIpc) is 2.87. The Hall–Kier alpha value is -2.07. The molecule has 3 heterocycles. The van der Waals surface area contributed by atoms with E-state index in [1.807, 2.05) is 0 Å². The van der Waals surface area contributed by atoms with Crippen LogP contribution in [0.2, 0.25) is 0 Å². The van der Waals surface area contributed by atoms with Crippen molar-refractivity contribution in [2.75, 3.05) is 5.73 Å². The van der Waals surface area contributed by atoms with E-state index in [0.717, 1.165) is 15.6 Å². The van der Waals surface area contributed by atoms with Gasteiger partial charge in [-0.1, -0.05) is 11.3 Å². The van der Waals surface area contributed by atoms with E-state index in [1.54, 1.807) is 0 Å². The zero-order valence-corrected chi connectivity index (χ0v) is 11.0. The monoisotopic (exact) mass is 297 g/mol. The number of hydrogen-bond donors (Lipinski definition) is 1. The van der Waals surface area contributed by atoms with Crippen molar-refractivity contribution in [2.24, 2.45) is 0 Å². The van der Waals surface area contributed by atoms with E-state index in [-0.39, 0.29) is 22.3 Å². The van der Waals surface area contributed by atoms with Gasteiger partial charge in [0, 0.05) is 6.20 Å². The van der Waals surface area contributed by atoms with Crippen molar-refractivity contribution in [1.82, 2.24) is 19.5 Å². The molecule has 0 saturated carbocycles. The second-order valence-corrected chi connectivity index (χ2v) is 6.58. The summed E-state index contributed by atoms with van der Waals surface area (Å²) >= 11 is 1.03. The number of rotatable bonds is 2. The normalized spacial score (nSPS) is 16.6. The van der Waals surface area contributed by atoms with Crippen molar-refractivity contribution in [3.05, 3.63) is 28.9 Å². The Morgan fingerprint density at radius 1 is 1.37 bits per heavy atom. The van der Waals surface area contributed by atoms with Gasteiger partial charge in [0.1, 0.15) is 5.01 Å². The van der Waals surface area contributed by atoms with E-state index >= 15 is 0 Å². The van der Waals surface area contributed by atoms with E-state index in [9.17, 15) is 13.2 Å². The average molecular weight is 297 g/mol. The molecule has 2 aromatic heterocycles. The van der Waals surface area contributed by atoms with Crippen LogP contribution in [0.4, 0.5) is 5.13 Å². The van der Waals surface area contributed by atoms with E-state index in [1.165, 1.54) is 18.3 Å². The second kappa shape index (κ2) is 3.96. The van der Waals surface area contributed by atoms with Gasteiger partial charge in [0.25, 0.3) is 15.9 Å². The Balaban J connectivity index is 2.03. The number of pyridine rings is 1. The van der Waals surface area contributed by atoms with Gasteiger partial charge in [0.05, 0.1) is 12.1 Å². The third kappa shape index (κ3) is 1.76. The number of nitrogens with two attached hydrogens (primary N) is 1. The zero-order chi connectivity index (χ0) is 13.6. The summed E-state index contributed by atoms with van der Waals surface area (Å²) in [6.45, 7) is -0.188. The largest absolute Gasteiger partial charge is 0.374 e. The van der Waals surface area contributed by atoms with Crippen molar-refractivity contribution in [3.8, 4) is 0 Å². The third-order valence-electron chi connectivity index (χ3n) is 2.52. The first-order valence-corrected chi connectivity index (χ1v) is 7.36. The lowest BCUT2D eigenvalue weighted by Gasteiger charge is -2.11. The van der Waals surface area contributed by atoms with Crippen LogP contribution in [0.3, 0.4) is 0 Å². The molecule has 98 valence electrons. The van der Waals surface area contributed by atoms with E-state index in [0.29, 0.717) is 5.01 Å². The smallest absolute Gasteiger partial charge is 0.285 e. The maximum Gasteiger partial charge on any atom is 0.285 e. The lowest BCUT2D eigenvalue weighted by atomic mass is 10.3. The summed E-state index contributed by atoms with van der Waals surface area (Å²) in [4.78, 5) is 15.8. The summed E-state index contributed by atoms with van der Waals surface area (Å²) in [6.07, 6.45) is 1.33. The van der Waals surface area contributed by atoms with Crippen LogP contribution in [-0.2, 0) is 16.6 Å². The molecule has 0 spiro atoms. The number of anilines is 1. The third-order valence-corrected chi connectivity index (χ3v) is 4.95. The fraction of sp³-hybridized carbons (Fsp3) is 0.111. The molecule has 0 fully saturated rings. The number of carbonyl (C=O) groups excluding carboxylic acids is 1. The molecule has 1 aliphatic rings. The van der Waals surface area contributed by atoms with Crippen molar-refractivity contribution in [2.45, 2.75) is 11.6 Å². The highest BCUT2D eigenvalue weighted by molar-refractivity contribution is 7.90. The fourth-order valence-electron chi connectivity index (χ4n) is 1.72. The van der Waals surface area contributed by atoms with Crippen LogP contribution >= 0.6 is 11.3 Å². The molecule has 8 nitrogen and oxygen atoms in total. The van der Waals surface area contributed by atoms with Gasteiger partial charge < -0.3 is 5.73 Å². The highest BCUT2D eigenvalue weighted by atomic mass is 32.2. The van der Waals surface area contributed by atoms with Crippen molar-refractivity contribution < 1.29 is 13.2 Å². The van der Waals surface area contributed by atoms with Gasteiger partial charge >= 0.3 is 0 Å². The van der Waals surface area contributed by atoms with Crippen molar-refractivity contribution in [1.29, 1.82) is 0 Å². The number of fused-ring (bicyclic) bond motifs is 1. The lowest BCUT2D eigenvalue weighted by molar-refractivity contribution is 0.0864. The summed E-state index contributed by atoms with van der Waals surface area (Å²) in [5, 5.41) is 7.63. The Bertz CT molecular complexity index is 770. The van der Waals surface area contributed by atoms with E-state index in [4.69, 9.17) is 5.73 Å². The molecule has 2 N–H and O–H groups in total. The Labute approximate surface area is 112 Å². The highest BCUT2D eigenvalue weighted by Crippen LogP contribution is 2.30. The minimum atomic E-state index is -3.91. The number of nitrogen functional groups attached to an aromatic ring is 1. The molecule has 0 unspecified atom stereocenters. The highest BCUT2D eigenvalue weighted by Gasteiger charge is 2.42.